The van der Waals surface area contributed by atoms with Crippen molar-refractivity contribution in [1.29, 1.82) is 0 Å². The molecule has 5 nitrogen and oxygen atoms in total. The van der Waals surface area contributed by atoms with Crippen LogP contribution in [0.3, 0.4) is 0 Å². The minimum absolute atomic E-state index is 0. The van der Waals surface area contributed by atoms with Gasteiger partial charge in [-0.2, -0.15) is 0 Å². The molecule has 1 aliphatic carbocycles. The number of hydrogen-bond acceptors (Lipinski definition) is 3. The van der Waals surface area contributed by atoms with E-state index in [1.54, 1.807) is 0 Å². The van der Waals surface area contributed by atoms with Crippen molar-refractivity contribution in [3.8, 4) is 0 Å². The Morgan fingerprint density at radius 2 is 1.78 bits per heavy atom. The lowest BCUT2D eigenvalue weighted by Gasteiger charge is -2.36. The quantitative estimate of drug-likeness (QED) is 0.500. The Labute approximate surface area is 215 Å². The van der Waals surface area contributed by atoms with Gasteiger partial charge >= 0.3 is 0 Å². The molecule has 0 bridgehead atoms. The normalized spacial score (nSPS) is 19.4. The van der Waals surface area contributed by atoms with Crippen LogP contribution in [0, 0.1) is 24.5 Å². The molecule has 2 atom stereocenters. The fraction of sp³-hybridized carbons (Fsp3) is 0.357. The molecule has 190 valence electrons. The molecule has 1 aliphatic heterocycles. The number of piperidine rings is 1. The maximum Gasteiger partial charge on any atom is 0.254 e. The number of hydrogen-bond donors (Lipinski definition) is 2. The largest absolute Gasteiger partial charge is 0.348 e. The summed E-state index contributed by atoms with van der Waals surface area (Å²) < 4.78 is 27.4. The van der Waals surface area contributed by atoms with E-state index < -0.39 is 29.5 Å². The van der Waals surface area contributed by atoms with Gasteiger partial charge in [-0.1, -0.05) is 36.4 Å². The van der Waals surface area contributed by atoms with Gasteiger partial charge in [-0.25, -0.2) is 8.78 Å². The molecule has 5 rings (SSSR count). The fourth-order valence-corrected chi connectivity index (χ4v) is 5.03. The Morgan fingerprint density at radius 3 is 2.50 bits per heavy atom. The highest BCUT2D eigenvalue weighted by Gasteiger charge is 2.40. The second kappa shape index (κ2) is 10.9. The van der Waals surface area contributed by atoms with E-state index in [4.69, 9.17) is 0 Å². The van der Waals surface area contributed by atoms with E-state index in [1.165, 1.54) is 10.9 Å². The molecule has 0 radical (unpaired) electrons. The molecular formula is C28H30ClF2N3O2. The average molecular weight is 514 g/mol. The first-order valence-electron chi connectivity index (χ1n) is 12.2. The molecule has 2 amide bonds. The highest BCUT2D eigenvalue weighted by atomic mass is 35.5. The van der Waals surface area contributed by atoms with Crippen LogP contribution in [0.25, 0.3) is 10.8 Å². The van der Waals surface area contributed by atoms with Crippen molar-refractivity contribution >= 4 is 35.0 Å². The molecule has 1 heterocycles. The summed E-state index contributed by atoms with van der Waals surface area (Å²) in [6.45, 7) is 3.68. The minimum Gasteiger partial charge on any atom is -0.348 e. The zero-order chi connectivity index (χ0) is 24.5. The Kier molecular flexibility index (Phi) is 7.91. The van der Waals surface area contributed by atoms with E-state index in [1.807, 2.05) is 17.0 Å². The molecule has 1 saturated carbocycles. The summed E-state index contributed by atoms with van der Waals surface area (Å²) in [5.41, 5.74) is 2.08. The average Bonchev–Trinajstić information content (AvgIpc) is 3.69. The van der Waals surface area contributed by atoms with E-state index in [0.29, 0.717) is 32.1 Å². The van der Waals surface area contributed by atoms with Crippen LogP contribution in [0.2, 0.25) is 0 Å². The number of benzene rings is 3. The van der Waals surface area contributed by atoms with Gasteiger partial charge in [0, 0.05) is 31.2 Å². The van der Waals surface area contributed by atoms with Gasteiger partial charge in [0.1, 0.15) is 11.6 Å². The molecule has 3 aromatic rings. The topological polar surface area (TPSA) is 61.4 Å². The molecule has 8 heteroatoms. The smallest absolute Gasteiger partial charge is 0.254 e. The summed E-state index contributed by atoms with van der Waals surface area (Å²) in [5.74, 6) is -2.75. The molecule has 3 aromatic carbocycles. The van der Waals surface area contributed by atoms with Crippen molar-refractivity contribution < 1.29 is 18.4 Å². The third kappa shape index (κ3) is 5.37. The molecule has 2 aliphatic rings. The highest BCUT2D eigenvalue weighted by Crippen LogP contribution is 2.33. The summed E-state index contributed by atoms with van der Waals surface area (Å²) in [7, 11) is 0. The number of nitrogens with zero attached hydrogens (tertiary/aromatic N) is 1. The van der Waals surface area contributed by atoms with Crippen molar-refractivity contribution in [2.45, 2.75) is 44.8 Å². The zero-order valence-electron chi connectivity index (χ0n) is 20.1. The number of carbonyl (C=O) groups is 2. The van der Waals surface area contributed by atoms with Crippen LogP contribution >= 0.6 is 12.4 Å². The second-order valence-corrected chi connectivity index (χ2v) is 9.59. The third-order valence-corrected chi connectivity index (χ3v) is 7.14. The first kappa shape index (κ1) is 26.0. The van der Waals surface area contributed by atoms with E-state index in [-0.39, 0.29) is 29.9 Å². The first-order chi connectivity index (χ1) is 16.9. The summed E-state index contributed by atoms with van der Waals surface area (Å²) in [4.78, 5) is 28.6. The van der Waals surface area contributed by atoms with Crippen molar-refractivity contribution in [1.82, 2.24) is 15.5 Å². The molecule has 2 fully saturated rings. The third-order valence-electron chi connectivity index (χ3n) is 7.14. The second-order valence-electron chi connectivity index (χ2n) is 9.59. The van der Waals surface area contributed by atoms with Crippen LogP contribution in [0.5, 0.6) is 0 Å². The van der Waals surface area contributed by atoms with E-state index in [9.17, 15) is 18.4 Å². The number of rotatable bonds is 6. The van der Waals surface area contributed by atoms with Gasteiger partial charge < -0.3 is 15.5 Å². The van der Waals surface area contributed by atoms with E-state index >= 15 is 0 Å². The lowest BCUT2D eigenvalue weighted by atomic mass is 9.91. The first-order valence-corrected chi connectivity index (χ1v) is 12.2. The molecular weight excluding hydrogens is 484 g/mol. The Hall–Kier alpha value is -3.03. The number of halogens is 3. The van der Waals surface area contributed by atoms with Gasteiger partial charge in [0.2, 0.25) is 5.91 Å². The highest BCUT2D eigenvalue weighted by molar-refractivity contribution is 5.95. The molecule has 2 N–H and O–H groups in total. The zero-order valence-corrected chi connectivity index (χ0v) is 20.9. The molecule has 0 spiro atoms. The van der Waals surface area contributed by atoms with Gasteiger partial charge in [-0.05, 0) is 66.8 Å². The molecule has 1 saturated heterocycles. The Morgan fingerprint density at radius 1 is 1.03 bits per heavy atom. The number of nitrogens with one attached hydrogen (secondary N) is 2. The molecule has 0 aromatic heterocycles. The number of carbonyl (C=O) groups excluding carboxylic acids is 2. The molecule has 2 unspecified atom stereocenters. The van der Waals surface area contributed by atoms with Crippen molar-refractivity contribution in [3.05, 3.63) is 82.9 Å². The Bertz CT molecular complexity index is 1280. The molecule has 36 heavy (non-hydrogen) atoms. The monoisotopic (exact) mass is 513 g/mol. The standard InChI is InChI=1S/C28H29F2N3O2.ClH/c1-17-6-7-18(22-5-3-2-4-21(17)22)16-33(20-9-10-20)28(35)24-15-31-13-12-26(24)32-27(34)23-11-8-19(29)14-25(23)30;/h2-8,11,14,20,24,26,31H,9-10,12-13,15-16H2,1H3,(H,32,34);1H. The van der Waals surface area contributed by atoms with Crippen molar-refractivity contribution in [2.24, 2.45) is 5.92 Å². The van der Waals surface area contributed by atoms with Crippen LogP contribution in [-0.4, -0.2) is 41.9 Å². The van der Waals surface area contributed by atoms with Gasteiger partial charge in [0.15, 0.2) is 0 Å². The van der Waals surface area contributed by atoms with Crippen LogP contribution in [-0.2, 0) is 11.3 Å². The van der Waals surface area contributed by atoms with Crippen LogP contribution < -0.4 is 10.6 Å². The van der Waals surface area contributed by atoms with Crippen LogP contribution in [0.1, 0.15) is 40.7 Å². The number of aryl methyl sites for hydroxylation is 1. The van der Waals surface area contributed by atoms with Gasteiger partial charge in [-0.3, -0.25) is 9.59 Å². The predicted molar refractivity (Wildman–Crippen MR) is 138 cm³/mol. The van der Waals surface area contributed by atoms with Crippen LogP contribution in [0.15, 0.2) is 54.6 Å². The van der Waals surface area contributed by atoms with Crippen molar-refractivity contribution in [2.75, 3.05) is 13.1 Å². The number of amides is 2. The minimum atomic E-state index is -0.912. The summed E-state index contributed by atoms with van der Waals surface area (Å²) >= 11 is 0. The number of fused-ring (bicyclic) bond motifs is 1. The van der Waals surface area contributed by atoms with E-state index in [0.717, 1.165) is 35.9 Å². The summed E-state index contributed by atoms with van der Waals surface area (Å²) in [5, 5.41) is 8.45. The van der Waals surface area contributed by atoms with Gasteiger partial charge in [0.25, 0.3) is 5.91 Å². The van der Waals surface area contributed by atoms with Crippen molar-refractivity contribution in [3.63, 3.8) is 0 Å². The Balaban J connectivity index is 0.00000304. The fourth-order valence-electron chi connectivity index (χ4n) is 5.03. The maximum atomic E-state index is 14.2. The van der Waals surface area contributed by atoms with E-state index in [2.05, 4.69) is 41.8 Å². The van der Waals surface area contributed by atoms with Gasteiger partial charge in [-0.15, -0.1) is 12.4 Å². The predicted octanol–water partition coefficient (Wildman–Crippen LogP) is 4.75. The summed E-state index contributed by atoms with van der Waals surface area (Å²) in [6, 6.07) is 15.1. The lowest BCUT2D eigenvalue weighted by molar-refractivity contribution is -0.138. The van der Waals surface area contributed by atoms with Crippen LogP contribution in [0.4, 0.5) is 8.78 Å². The SMILES string of the molecule is Cc1ccc(CN(C(=O)C2CNCCC2NC(=O)c2ccc(F)cc2F)C2CC2)c2ccccc12.Cl. The lowest BCUT2D eigenvalue weighted by Crippen LogP contribution is -2.55. The summed E-state index contributed by atoms with van der Waals surface area (Å²) in [6.07, 6.45) is 2.48. The maximum absolute atomic E-state index is 14.2. The van der Waals surface area contributed by atoms with Gasteiger partial charge in [0.05, 0.1) is 11.5 Å².